The molecule has 0 bridgehead atoms. The Morgan fingerprint density at radius 2 is 1.63 bits per heavy atom. The number of amides is 1. The molecule has 1 aromatic heterocycles. The van der Waals surface area contributed by atoms with E-state index in [0.29, 0.717) is 45.1 Å². The Labute approximate surface area is 173 Å². The van der Waals surface area contributed by atoms with Gasteiger partial charge in [-0.05, 0) is 41.5 Å². The molecule has 0 fully saturated rings. The number of pyridine rings is 1. The summed E-state index contributed by atoms with van der Waals surface area (Å²) in [6.07, 6.45) is 1.55. The number of ether oxygens (including phenoxy) is 3. The highest BCUT2D eigenvalue weighted by atomic mass is 16.5. The molecule has 1 amide bonds. The molecule has 30 heavy (non-hydrogen) atoms. The molecule has 0 saturated carbocycles. The summed E-state index contributed by atoms with van der Waals surface area (Å²) in [5.74, 6) is 0.883. The number of aromatic nitrogens is 1. The second-order valence-corrected chi connectivity index (χ2v) is 6.35. The quantitative estimate of drug-likeness (QED) is 0.517. The first-order chi connectivity index (χ1) is 14.4. The van der Waals surface area contributed by atoms with Crippen LogP contribution in [-0.4, -0.2) is 37.9 Å². The number of benzene rings is 2. The van der Waals surface area contributed by atoms with Crippen LogP contribution in [0.5, 0.6) is 17.2 Å². The van der Waals surface area contributed by atoms with Gasteiger partial charge in [0.2, 0.25) is 11.7 Å². The fraction of sp³-hybridized carbons (Fsp3) is 0.136. The van der Waals surface area contributed by atoms with E-state index in [9.17, 15) is 4.79 Å². The highest BCUT2D eigenvalue weighted by Crippen LogP contribution is 2.39. The van der Waals surface area contributed by atoms with Crippen molar-refractivity contribution >= 4 is 17.4 Å². The number of rotatable bonds is 7. The van der Waals surface area contributed by atoms with E-state index in [1.165, 1.54) is 21.3 Å². The smallest absolute Gasteiger partial charge is 0.248 e. The van der Waals surface area contributed by atoms with Crippen LogP contribution < -0.4 is 25.7 Å². The summed E-state index contributed by atoms with van der Waals surface area (Å²) in [5.41, 5.74) is 14.3. The highest BCUT2D eigenvalue weighted by molar-refractivity contribution is 6.17. The zero-order valence-corrected chi connectivity index (χ0v) is 16.9. The van der Waals surface area contributed by atoms with Gasteiger partial charge in [0.1, 0.15) is 5.82 Å². The number of carbonyl (C=O) groups excluding carboxylic acids is 1. The third kappa shape index (κ3) is 3.75. The largest absolute Gasteiger partial charge is 0.493 e. The molecule has 8 nitrogen and oxygen atoms in total. The SMILES string of the molecule is COc1cc(C(=N)c2c(-c3cccc(C(N)=O)c3)ccnc2N)cc(OC)c1OC. The predicted molar refractivity (Wildman–Crippen MR) is 115 cm³/mol. The Hall–Kier alpha value is -4.07. The predicted octanol–water partition coefficient (Wildman–Crippen LogP) is 2.87. The molecule has 3 rings (SSSR count). The number of anilines is 1. The van der Waals surface area contributed by atoms with Crippen LogP contribution in [-0.2, 0) is 0 Å². The van der Waals surface area contributed by atoms with Gasteiger partial charge in [-0.2, -0.15) is 0 Å². The Kier molecular flexibility index (Phi) is 5.87. The van der Waals surface area contributed by atoms with E-state index in [4.69, 9.17) is 31.1 Å². The number of nitrogen functional groups attached to an aromatic ring is 1. The number of hydrogen-bond donors (Lipinski definition) is 3. The molecule has 0 atom stereocenters. The normalized spacial score (nSPS) is 10.4. The molecule has 0 aliphatic heterocycles. The minimum atomic E-state index is -0.542. The van der Waals surface area contributed by atoms with Crippen LogP contribution in [0.25, 0.3) is 11.1 Å². The van der Waals surface area contributed by atoms with E-state index in [0.717, 1.165) is 0 Å². The van der Waals surface area contributed by atoms with Gasteiger partial charge in [-0.15, -0.1) is 0 Å². The van der Waals surface area contributed by atoms with Gasteiger partial charge in [0.05, 0.1) is 32.6 Å². The van der Waals surface area contributed by atoms with Gasteiger partial charge in [0.15, 0.2) is 11.5 Å². The molecule has 0 spiro atoms. The summed E-state index contributed by atoms with van der Waals surface area (Å²) >= 11 is 0. The third-order valence-electron chi connectivity index (χ3n) is 4.64. The Morgan fingerprint density at radius 3 is 2.20 bits per heavy atom. The lowest BCUT2D eigenvalue weighted by atomic mass is 9.93. The maximum absolute atomic E-state index is 11.6. The summed E-state index contributed by atoms with van der Waals surface area (Å²) in [4.78, 5) is 15.7. The highest BCUT2D eigenvalue weighted by Gasteiger charge is 2.21. The van der Waals surface area contributed by atoms with Crippen molar-refractivity contribution in [1.29, 1.82) is 5.41 Å². The summed E-state index contributed by atoms with van der Waals surface area (Å²) in [6, 6.07) is 11.9. The van der Waals surface area contributed by atoms with Gasteiger partial charge >= 0.3 is 0 Å². The number of hydrogen-bond acceptors (Lipinski definition) is 7. The summed E-state index contributed by atoms with van der Waals surface area (Å²) < 4.78 is 16.1. The molecule has 2 aromatic carbocycles. The van der Waals surface area contributed by atoms with Gasteiger partial charge in [0, 0.05) is 17.3 Å². The summed E-state index contributed by atoms with van der Waals surface area (Å²) in [6.45, 7) is 0. The summed E-state index contributed by atoms with van der Waals surface area (Å²) in [5, 5.41) is 8.85. The number of methoxy groups -OCH3 is 3. The van der Waals surface area contributed by atoms with Crippen molar-refractivity contribution in [3.05, 3.63) is 65.4 Å². The maximum Gasteiger partial charge on any atom is 0.248 e. The van der Waals surface area contributed by atoms with E-state index in [2.05, 4.69) is 4.98 Å². The van der Waals surface area contributed by atoms with E-state index < -0.39 is 5.91 Å². The van der Waals surface area contributed by atoms with Crippen LogP contribution in [0.15, 0.2) is 48.7 Å². The van der Waals surface area contributed by atoms with Crippen LogP contribution in [0.2, 0.25) is 0 Å². The van der Waals surface area contributed by atoms with Gasteiger partial charge in [-0.1, -0.05) is 12.1 Å². The molecular weight excluding hydrogens is 384 g/mol. The second-order valence-electron chi connectivity index (χ2n) is 6.35. The Morgan fingerprint density at radius 1 is 0.967 bits per heavy atom. The zero-order chi connectivity index (χ0) is 21.8. The monoisotopic (exact) mass is 406 g/mol. The molecule has 0 unspecified atom stereocenters. The van der Waals surface area contributed by atoms with Crippen LogP contribution >= 0.6 is 0 Å². The van der Waals surface area contributed by atoms with Crippen molar-refractivity contribution in [2.45, 2.75) is 0 Å². The van der Waals surface area contributed by atoms with Crippen LogP contribution in [0, 0.1) is 5.41 Å². The number of nitrogens with two attached hydrogens (primary N) is 2. The van der Waals surface area contributed by atoms with Gasteiger partial charge < -0.3 is 25.7 Å². The topological polar surface area (TPSA) is 134 Å². The van der Waals surface area contributed by atoms with Crippen molar-refractivity contribution in [3.8, 4) is 28.4 Å². The fourth-order valence-corrected chi connectivity index (χ4v) is 3.19. The molecule has 0 radical (unpaired) electrons. The van der Waals surface area contributed by atoms with Crippen molar-refractivity contribution in [2.75, 3.05) is 27.1 Å². The molecule has 1 heterocycles. The number of nitrogens with zero attached hydrogens (tertiary/aromatic N) is 1. The van der Waals surface area contributed by atoms with Crippen molar-refractivity contribution in [2.24, 2.45) is 5.73 Å². The minimum Gasteiger partial charge on any atom is -0.493 e. The first-order valence-corrected chi connectivity index (χ1v) is 8.95. The average Bonchev–Trinajstić information content (AvgIpc) is 2.77. The van der Waals surface area contributed by atoms with Gasteiger partial charge in [-0.3, -0.25) is 10.2 Å². The van der Waals surface area contributed by atoms with E-state index in [1.807, 2.05) is 6.07 Å². The first-order valence-electron chi connectivity index (χ1n) is 8.95. The van der Waals surface area contributed by atoms with Gasteiger partial charge in [-0.25, -0.2) is 4.98 Å². The molecule has 5 N–H and O–H groups in total. The number of carbonyl (C=O) groups is 1. The summed E-state index contributed by atoms with van der Waals surface area (Å²) in [7, 11) is 4.52. The van der Waals surface area contributed by atoms with Crippen molar-refractivity contribution in [3.63, 3.8) is 0 Å². The maximum atomic E-state index is 11.6. The molecule has 0 aliphatic rings. The fourth-order valence-electron chi connectivity index (χ4n) is 3.19. The Balaban J connectivity index is 2.19. The molecule has 0 saturated heterocycles. The molecule has 154 valence electrons. The number of nitrogens with one attached hydrogen (secondary N) is 1. The average molecular weight is 406 g/mol. The lowest BCUT2D eigenvalue weighted by molar-refractivity contribution is 0.100. The Bertz CT molecular complexity index is 1100. The van der Waals surface area contributed by atoms with Crippen LogP contribution in [0.3, 0.4) is 0 Å². The van der Waals surface area contributed by atoms with E-state index >= 15 is 0 Å². The second kappa shape index (κ2) is 8.52. The minimum absolute atomic E-state index is 0.110. The lowest BCUT2D eigenvalue weighted by Crippen LogP contribution is -2.12. The standard InChI is InChI=1S/C22H22N4O4/c1-28-16-10-14(11-17(29-2)20(16)30-3)19(23)18-15(7-8-26-21(18)24)12-5-4-6-13(9-12)22(25)27/h4-11,23H,1-3H3,(H2,24,26)(H2,25,27). The first kappa shape index (κ1) is 20.7. The van der Waals surface area contributed by atoms with Crippen molar-refractivity contribution < 1.29 is 19.0 Å². The van der Waals surface area contributed by atoms with Crippen LogP contribution in [0.4, 0.5) is 5.82 Å². The zero-order valence-electron chi connectivity index (χ0n) is 16.9. The van der Waals surface area contributed by atoms with E-state index in [-0.39, 0.29) is 11.5 Å². The molecular formula is C22H22N4O4. The molecule has 8 heteroatoms. The third-order valence-corrected chi connectivity index (χ3v) is 4.64. The van der Waals surface area contributed by atoms with Crippen molar-refractivity contribution in [1.82, 2.24) is 4.98 Å². The molecule has 0 aliphatic carbocycles. The lowest BCUT2D eigenvalue weighted by Gasteiger charge is -2.17. The van der Waals surface area contributed by atoms with Crippen LogP contribution in [0.1, 0.15) is 21.5 Å². The van der Waals surface area contributed by atoms with E-state index in [1.54, 1.807) is 42.6 Å². The number of primary amides is 1. The van der Waals surface area contributed by atoms with Gasteiger partial charge in [0.25, 0.3) is 0 Å². The molecule has 3 aromatic rings.